The number of sulfonamides is 1. The van der Waals surface area contributed by atoms with E-state index in [-0.39, 0.29) is 29.2 Å². The number of aryl methyl sites for hydroxylation is 1. The first-order valence-corrected chi connectivity index (χ1v) is 11.9. The lowest BCUT2D eigenvalue weighted by Gasteiger charge is -2.33. The standard InChI is InChI=1S/C23H23FN4O4S/c1-3-31-18-6-4-17(5-7-18)22-26-21(15-25)23(32-22)27-10-12-28(13-11-27)33(29,30)19-8-9-20(24)16(2)14-19/h4-9,14H,3,10-13H2,1-2H3. The Morgan fingerprint density at radius 2 is 1.85 bits per heavy atom. The minimum atomic E-state index is -3.75. The average molecular weight is 471 g/mol. The fourth-order valence-electron chi connectivity index (χ4n) is 3.64. The van der Waals surface area contributed by atoms with Gasteiger partial charge < -0.3 is 14.1 Å². The van der Waals surface area contributed by atoms with Gasteiger partial charge in [-0.2, -0.15) is 14.6 Å². The van der Waals surface area contributed by atoms with Crippen LogP contribution in [0.15, 0.2) is 51.8 Å². The molecule has 0 atom stereocenters. The van der Waals surface area contributed by atoms with Gasteiger partial charge in [0.2, 0.25) is 27.5 Å². The molecule has 3 aromatic rings. The van der Waals surface area contributed by atoms with E-state index in [9.17, 15) is 18.1 Å². The minimum absolute atomic E-state index is 0.0602. The van der Waals surface area contributed by atoms with Gasteiger partial charge in [0.15, 0.2) is 0 Å². The van der Waals surface area contributed by atoms with E-state index in [0.29, 0.717) is 37.0 Å². The number of nitrogens with zero attached hydrogens (tertiary/aromatic N) is 4. The van der Waals surface area contributed by atoms with Gasteiger partial charge in [-0.05, 0) is 61.9 Å². The summed E-state index contributed by atoms with van der Waals surface area (Å²) in [4.78, 5) is 6.18. The largest absolute Gasteiger partial charge is 0.494 e. The molecule has 1 aromatic heterocycles. The van der Waals surface area contributed by atoms with Crippen molar-refractivity contribution in [1.29, 1.82) is 5.26 Å². The topological polar surface area (TPSA) is 99.7 Å². The Morgan fingerprint density at radius 1 is 1.15 bits per heavy atom. The third kappa shape index (κ3) is 4.55. The van der Waals surface area contributed by atoms with Crippen LogP contribution >= 0.6 is 0 Å². The number of aromatic nitrogens is 1. The number of hydrogen-bond acceptors (Lipinski definition) is 7. The lowest BCUT2D eigenvalue weighted by atomic mass is 10.2. The fraction of sp³-hybridized carbons (Fsp3) is 0.304. The van der Waals surface area contributed by atoms with Crippen molar-refractivity contribution >= 4 is 15.9 Å². The van der Waals surface area contributed by atoms with E-state index >= 15 is 0 Å². The van der Waals surface area contributed by atoms with Crippen molar-refractivity contribution in [2.24, 2.45) is 0 Å². The number of benzene rings is 2. The third-order valence-corrected chi connectivity index (χ3v) is 7.32. The molecule has 0 aliphatic carbocycles. The number of piperazine rings is 1. The Hall–Kier alpha value is -3.42. The smallest absolute Gasteiger partial charge is 0.243 e. The quantitative estimate of drug-likeness (QED) is 0.543. The molecule has 10 heteroatoms. The zero-order chi connectivity index (χ0) is 23.6. The van der Waals surface area contributed by atoms with Crippen molar-refractivity contribution in [3.05, 3.63) is 59.5 Å². The molecule has 1 saturated heterocycles. The molecule has 0 radical (unpaired) electrons. The fourth-order valence-corrected chi connectivity index (χ4v) is 5.15. The van der Waals surface area contributed by atoms with Gasteiger partial charge in [0.1, 0.15) is 17.6 Å². The first kappa shape index (κ1) is 22.8. The normalized spacial score (nSPS) is 14.8. The average Bonchev–Trinajstić information content (AvgIpc) is 3.26. The Morgan fingerprint density at radius 3 is 2.45 bits per heavy atom. The lowest BCUT2D eigenvalue weighted by molar-refractivity contribution is 0.340. The molecule has 4 rings (SSSR count). The van der Waals surface area contributed by atoms with Crippen LogP contribution in [0.5, 0.6) is 5.75 Å². The maximum atomic E-state index is 13.6. The van der Waals surface area contributed by atoms with Crippen molar-refractivity contribution in [2.75, 3.05) is 37.7 Å². The highest BCUT2D eigenvalue weighted by molar-refractivity contribution is 7.89. The van der Waals surface area contributed by atoms with Gasteiger partial charge in [0.25, 0.3) is 0 Å². The molecule has 8 nitrogen and oxygen atoms in total. The highest BCUT2D eigenvalue weighted by Gasteiger charge is 2.31. The second-order valence-corrected chi connectivity index (χ2v) is 9.48. The number of ether oxygens (including phenoxy) is 1. The summed E-state index contributed by atoms with van der Waals surface area (Å²) in [6.07, 6.45) is 0. The Bertz CT molecular complexity index is 1290. The van der Waals surface area contributed by atoms with E-state index in [4.69, 9.17) is 9.15 Å². The minimum Gasteiger partial charge on any atom is -0.494 e. The first-order chi connectivity index (χ1) is 15.8. The number of halogens is 1. The summed E-state index contributed by atoms with van der Waals surface area (Å²) < 4.78 is 52.2. The van der Waals surface area contributed by atoms with Crippen molar-refractivity contribution in [1.82, 2.24) is 9.29 Å². The van der Waals surface area contributed by atoms with E-state index in [2.05, 4.69) is 11.1 Å². The van der Waals surface area contributed by atoms with Crippen LogP contribution < -0.4 is 9.64 Å². The number of oxazole rings is 1. The molecule has 0 bridgehead atoms. The van der Waals surface area contributed by atoms with Gasteiger partial charge in [-0.3, -0.25) is 0 Å². The SMILES string of the molecule is CCOc1ccc(-c2nc(C#N)c(N3CCN(S(=O)(=O)c4ccc(F)c(C)c4)CC3)o2)cc1. The van der Waals surface area contributed by atoms with Crippen molar-refractivity contribution < 1.29 is 22.0 Å². The summed E-state index contributed by atoms with van der Waals surface area (Å²) in [5, 5.41) is 9.55. The molecule has 2 aromatic carbocycles. The van der Waals surface area contributed by atoms with Gasteiger partial charge in [0.05, 0.1) is 11.5 Å². The molecular formula is C23H23FN4O4S. The highest BCUT2D eigenvalue weighted by Crippen LogP contribution is 2.30. The zero-order valence-electron chi connectivity index (χ0n) is 18.3. The second-order valence-electron chi connectivity index (χ2n) is 7.54. The zero-order valence-corrected chi connectivity index (χ0v) is 19.1. The van der Waals surface area contributed by atoms with Gasteiger partial charge in [-0.15, -0.1) is 0 Å². The summed E-state index contributed by atoms with van der Waals surface area (Å²) in [5.74, 6) is 0.899. The van der Waals surface area contributed by atoms with E-state index < -0.39 is 15.8 Å². The summed E-state index contributed by atoms with van der Waals surface area (Å²) in [6.45, 7) is 5.04. The molecule has 1 aliphatic rings. The van der Waals surface area contributed by atoms with Gasteiger partial charge >= 0.3 is 0 Å². The van der Waals surface area contributed by atoms with Crippen molar-refractivity contribution in [3.63, 3.8) is 0 Å². The maximum absolute atomic E-state index is 13.6. The lowest BCUT2D eigenvalue weighted by Crippen LogP contribution is -2.48. The molecular weight excluding hydrogens is 447 g/mol. The van der Waals surface area contributed by atoms with Crippen LogP contribution in [0.2, 0.25) is 0 Å². The monoisotopic (exact) mass is 470 g/mol. The molecule has 0 saturated carbocycles. The van der Waals surface area contributed by atoms with Crippen LogP contribution in [0, 0.1) is 24.1 Å². The second kappa shape index (κ2) is 9.21. The maximum Gasteiger partial charge on any atom is 0.243 e. The van der Waals surface area contributed by atoms with Gasteiger partial charge in [-0.1, -0.05) is 0 Å². The van der Waals surface area contributed by atoms with Crippen LogP contribution in [0.4, 0.5) is 10.3 Å². The number of anilines is 1. The van der Waals surface area contributed by atoms with Crippen LogP contribution in [-0.4, -0.2) is 50.5 Å². The molecule has 1 fully saturated rings. The summed E-state index contributed by atoms with van der Waals surface area (Å²) >= 11 is 0. The highest BCUT2D eigenvalue weighted by atomic mass is 32.2. The number of hydrogen-bond donors (Lipinski definition) is 0. The van der Waals surface area contributed by atoms with Crippen LogP contribution in [0.3, 0.4) is 0 Å². The number of nitriles is 1. The molecule has 0 N–H and O–H groups in total. The number of rotatable bonds is 6. The summed E-state index contributed by atoms with van der Waals surface area (Å²) in [5.41, 5.74) is 1.12. The predicted octanol–water partition coefficient (Wildman–Crippen LogP) is 3.57. The molecule has 0 unspecified atom stereocenters. The van der Waals surface area contributed by atoms with Crippen molar-refractivity contribution in [2.45, 2.75) is 18.7 Å². The first-order valence-electron chi connectivity index (χ1n) is 10.5. The molecule has 33 heavy (non-hydrogen) atoms. The Labute approximate surface area is 191 Å². The molecule has 172 valence electrons. The van der Waals surface area contributed by atoms with Gasteiger partial charge in [0, 0.05) is 31.7 Å². The molecule has 0 amide bonds. The van der Waals surface area contributed by atoms with Crippen LogP contribution in [0.25, 0.3) is 11.5 Å². The summed E-state index contributed by atoms with van der Waals surface area (Å²) in [7, 11) is -3.75. The molecule has 2 heterocycles. The molecule has 0 spiro atoms. The van der Waals surface area contributed by atoms with Crippen molar-refractivity contribution in [3.8, 4) is 23.3 Å². The van der Waals surface area contributed by atoms with E-state index in [1.54, 1.807) is 24.3 Å². The van der Waals surface area contributed by atoms with Gasteiger partial charge in [-0.25, -0.2) is 12.8 Å². The van der Waals surface area contributed by atoms with E-state index in [1.807, 2.05) is 11.8 Å². The van der Waals surface area contributed by atoms with E-state index in [1.165, 1.54) is 23.4 Å². The third-order valence-electron chi connectivity index (χ3n) is 5.42. The molecule has 1 aliphatic heterocycles. The Kier molecular flexibility index (Phi) is 6.35. The summed E-state index contributed by atoms with van der Waals surface area (Å²) in [6, 6.07) is 13.0. The Balaban J connectivity index is 1.50. The predicted molar refractivity (Wildman–Crippen MR) is 120 cm³/mol. The van der Waals surface area contributed by atoms with Crippen LogP contribution in [-0.2, 0) is 10.0 Å². The van der Waals surface area contributed by atoms with Crippen LogP contribution in [0.1, 0.15) is 18.2 Å². The van der Waals surface area contributed by atoms with E-state index in [0.717, 1.165) is 11.8 Å².